The molecule has 1 aromatic carbocycles. The fraction of sp³-hybridized carbons (Fsp3) is 0.467. The van der Waals surface area contributed by atoms with Gasteiger partial charge in [-0.2, -0.15) is 5.10 Å². The molecule has 5 heteroatoms. The van der Waals surface area contributed by atoms with E-state index in [1.807, 2.05) is 6.07 Å². The van der Waals surface area contributed by atoms with Crippen molar-refractivity contribution >= 4 is 12.2 Å². The van der Waals surface area contributed by atoms with Crippen LogP contribution in [0.4, 0.5) is 4.39 Å². The van der Waals surface area contributed by atoms with Gasteiger partial charge in [0.25, 0.3) is 0 Å². The molecule has 0 spiro atoms. The number of benzene rings is 1. The second-order valence-electron chi connectivity index (χ2n) is 5.44. The summed E-state index contributed by atoms with van der Waals surface area (Å²) in [6, 6.07) is 6.69. The number of halogens is 1. The predicted molar refractivity (Wildman–Crippen MR) is 79.0 cm³/mol. The lowest BCUT2D eigenvalue weighted by Gasteiger charge is -2.21. The zero-order valence-corrected chi connectivity index (χ0v) is 12.1. The van der Waals surface area contributed by atoms with E-state index >= 15 is 0 Å². The van der Waals surface area contributed by atoms with Crippen LogP contribution >= 0.6 is 12.2 Å². The topological polar surface area (TPSA) is 33.6 Å². The first-order chi connectivity index (χ1) is 9.75. The van der Waals surface area contributed by atoms with Gasteiger partial charge in [-0.1, -0.05) is 44.2 Å². The van der Waals surface area contributed by atoms with E-state index in [0.717, 1.165) is 12.2 Å². The Morgan fingerprint density at radius 3 is 2.75 bits per heavy atom. The average molecular weight is 291 g/mol. The number of H-pyrrole nitrogens is 1. The summed E-state index contributed by atoms with van der Waals surface area (Å²) in [7, 11) is 0. The van der Waals surface area contributed by atoms with Crippen LogP contribution in [0.15, 0.2) is 24.3 Å². The van der Waals surface area contributed by atoms with E-state index in [1.165, 1.54) is 38.2 Å². The van der Waals surface area contributed by atoms with Crippen LogP contribution < -0.4 is 0 Å². The number of aromatic amines is 1. The summed E-state index contributed by atoms with van der Waals surface area (Å²) in [5.41, 5.74) is 0.483. The molecule has 1 saturated carbocycles. The highest BCUT2D eigenvalue weighted by molar-refractivity contribution is 7.71. The molecule has 1 aliphatic carbocycles. The summed E-state index contributed by atoms with van der Waals surface area (Å²) in [6.07, 6.45) is 7.23. The molecule has 2 aromatic rings. The van der Waals surface area contributed by atoms with E-state index in [0.29, 0.717) is 16.4 Å². The van der Waals surface area contributed by atoms with Crippen LogP contribution in [0.3, 0.4) is 0 Å². The minimum atomic E-state index is -0.269. The lowest BCUT2D eigenvalue weighted by Crippen LogP contribution is -2.13. The number of aromatic nitrogens is 3. The first-order valence-corrected chi connectivity index (χ1v) is 7.58. The van der Waals surface area contributed by atoms with Crippen LogP contribution in [0, 0.1) is 16.5 Å². The highest BCUT2D eigenvalue weighted by Gasteiger charge is 2.19. The van der Waals surface area contributed by atoms with Crippen molar-refractivity contribution in [2.75, 3.05) is 0 Å². The number of nitrogens with one attached hydrogen (secondary N) is 1. The summed E-state index contributed by atoms with van der Waals surface area (Å²) < 4.78 is 16.2. The largest absolute Gasteiger partial charge is 0.269 e. The molecule has 1 heterocycles. The van der Waals surface area contributed by atoms with Crippen molar-refractivity contribution in [3.05, 3.63) is 40.7 Å². The SMILES string of the molecule is Fc1ccccc1-n1c(CC2CCCCC2)n[nH]c1=S. The van der Waals surface area contributed by atoms with Gasteiger partial charge in [0, 0.05) is 6.42 Å². The molecular formula is C15H18FN3S. The third-order valence-electron chi connectivity index (χ3n) is 4.03. The summed E-state index contributed by atoms with van der Waals surface area (Å²) in [6.45, 7) is 0. The molecule has 1 N–H and O–H groups in total. The van der Waals surface area contributed by atoms with Gasteiger partial charge in [-0.25, -0.2) is 4.39 Å². The first kappa shape index (κ1) is 13.5. The van der Waals surface area contributed by atoms with E-state index < -0.39 is 0 Å². The van der Waals surface area contributed by atoms with E-state index in [-0.39, 0.29) is 5.82 Å². The minimum Gasteiger partial charge on any atom is -0.269 e. The molecule has 3 nitrogen and oxygen atoms in total. The Balaban J connectivity index is 1.93. The van der Waals surface area contributed by atoms with E-state index in [4.69, 9.17) is 12.2 Å². The Kier molecular flexibility index (Phi) is 3.96. The second kappa shape index (κ2) is 5.87. The Hall–Kier alpha value is -1.49. The smallest absolute Gasteiger partial charge is 0.199 e. The molecule has 1 aromatic heterocycles. The van der Waals surface area contributed by atoms with Crippen molar-refractivity contribution in [2.24, 2.45) is 5.92 Å². The molecule has 0 radical (unpaired) electrons. The van der Waals surface area contributed by atoms with Gasteiger partial charge in [-0.05, 0) is 30.3 Å². The zero-order chi connectivity index (χ0) is 13.9. The molecule has 1 fully saturated rings. The lowest BCUT2D eigenvalue weighted by molar-refractivity contribution is 0.350. The molecule has 3 rings (SSSR count). The van der Waals surface area contributed by atoms with Crippen LogP contribution in [0.1, 0.15) is 37.9 Å². The monoisotopic (exact) mass is 291 g/mol. The molecule has 0 atom stereocenters. The minimum absolute atomic E-state index is 0.269. The van der Waals surface area contributed by atoms with Crippen molar-refractivity contribution in [1.82, 2.24) is 14.8 Å². The Bertz CT molecular complexity index is 641. The average Bonchev–Trinajstić information content (AvgIpc) is 2.82. The van der Waals surface area contributed by atoms with Crippen LogP contribution in [0.2, 0.25) is 0 Å². The molecule has 0 unspecified atom stereocenters. The van der Waals surface area contributed by atoms with Gasteiger partial charge in [0.2, 0.25) is 0 Å². The van der Waals surface area contributed by atoms with E-state index in [2.05, 4.69) is 10.2 Å². The lowest BCUT2D eigenvalue weighted by atomic mass is 9.87. The predicted octanol–water partition coefficient (Wildman–Crippen LogP) is 4.19. The van der Waals surface area contributed by atoms with Gasteiger partial charge in [0.1, 0.15) is 11.6 Å². The van der Waals surface area contributed by atoms with Crippen LogP contribution in [0.25, 0.3) is 5.69 Å². The van der Waals surface area contributed by atoms with Crippen LogP contribution in [0.5, 0.6) is 0 Å². The maximum absolute atomic E-state index is 14.0. The maximum Gasteiger partial charge on any atom is 0.199 e. The van der Waals surface area contributed by atoms with Crippen LogP contribution in [-0.2, 0) is 6.42 Å². The summed E-state index contributed by atoms with van der Waals surface area (Å²) in [5.74, 6) is 1.21. The van der Waals surface area contributed by atoms with Gasteiger partial charge < -0.3 is 0 Å². The van der Waals surface area contributed by atoms with Gasteiger partial charge in [0.05, 0.1) is 5.69 Å². The maximum atomic E-state index is 14.0. The van der Waals surface area contributed by atoms with Gasteiger partial charge >= 0.3 is 0 Å². The third-order valence-corrected chi connectivity index (χ3v) is 4.31. The first-order valence-electron chi connectivity index (χ1n) is 7.17. The molecule has 106 valence electrons. The second-order valence-corrected chi connectivity index (χ2v) is 5.83. The molecular weight excluding hydrogens is 273 g/mol. The molecule has 1 aliphatic rings. The number of para-hydroxylation sites is 1. The fourth-order valence-corrected chi connectivity index (χ4v) is 3.25. The zero-order valence-electron chi connectivity index (χ0n) is 11.3. The summed E-state index contributed by atoms with van der Waals surface area (Å²) in [4.78, 5) is 0. The molecule has 0 aliphatic heterocycles. The van der Waals surface area contributed by atoms with E-state index in [9.17, 15) is 4.39 Å². The van der Waals surface area contributed by atoms with Crippen molar-refractivity contribution in [1.29, 1.82) is 0 Å². The van der Waals surface area contributed by atoms with Crippen molar-refractivity contribution in [2.45, 2.75) is 38.5 Å². The van der Waals surface area contributed by atoms with Gasteiger partial charge in [-0.15, -0.1) is 0 Å². The van der Waals surface area contributed by atoms with Gasteiger partial charge in [0.15, 0.2) is 4.77 Å². The standard InChI is InChI=1S/C15H18FN3S/c16-12-8-4-5-9-13(12)19-14(17-18-15(19)20)10-11-6-2-1-3-7-11/h4-5,8-9,11H,1-3,6-7,10H2,(H,18,20). The third kappa shape index (κ3) is 2.68. The number of nitrogens with zero attached hydrogens (tertiary/aromatic N) is 2. The Labute approximate surface area is 122 Å². The Morgan fingerprint density at radius 2 is 2.00 bits per heavy atom. The molecule has 20 heavy (non-hydrogen) atoms. The Morgan fingerprint density at radius 1 is 1.25 bits per heavy atom. The van der Waals surface area contributed by atoms with Crippen molar-refractivity contribution < 1.29 is 4.39 Å². The molecule has 0 saturated heterocycles. The number of rotatable bonds is 3. The quantitative estimate of drug-likeness (QED) is 0.860. The van der Waals surface area contributed by atoms with Gasteiger partial charge in [-0.3, -0.25) is 9.67 Å². The van der Waals surface area contributed by atoms with Crippen molar-refractivity contribution in [3.8, 4) is 5.69 Å². The molecule has 0 amide bonds. The van der Waals surface area contributed by atoms with E-state index in [1.54, 1.807) is 16.7 Å². The molecule has 0 bridgehead atoms. The van der Waals surface area contributed by atoms with Crippen LogP contribution in [-0.4, -0.2) is 14.8 Å². The summed E-state index contributed by atoms with van der Waals surface area (Å²) in [5, 5.41) is 7.11. The highest BCUT2D eigenvalue weighted by Crippen LogP contribution is 2.27. The summed E-state index contributed by atoms with van der Waals surface area (Å²) >= 11 is 5.26. The number of hydrogen-bond donors (Lipinski definition) is 1. The number of hydrogen-bond acceptors (Lipinski definition) is 2. The highest BCUT2D eigenvalue weighted by atomic mass is 32.1. The fourth-order valence-electron chi connectivity index (χ4n) is 3.00. The normalized spacial score (nSPS) is 16.4. The van der Waals surface area contributed by atoms with Crippen molar-refractivity contribution in [3.63, 3.8) is 0 Å².